The Kier molecular flexibility index (Phi) is 4.04. The van der Waals surface area contributed by atoms with Gasteiger partial charge in [0.15, 0.2) is 0 Å². The molecule has 1 atom stereocenters. The standard InChI is InChI=1S/C18H17BrN2/c1-12-10-13(6-7-17(12)19)18(20-2)16-5-3-4-14-11-21-9-8-15(14)16/h3-11,18,20H,1-2H3. The zero-order chi connectivity index (χ0) is 14.8. The highest BCUT2D eigenvalue weighted by atomic mass is 79.9. The first-order valence-corrected chi connectivity index (χ1v) is 7.76. The summed E-state index contributed by atoms with van der Waals surface area (Å²) >= 11 is 3.57. The lowest BCUT2D eigenvalue weighted by atomic mass is 9.94. The van der Waals surface area contributed by atoms with Gasteiger partial charge in [-0.1, -0.05) is 46.3 Å². The first-order valence-electron chi connectivity index (χ1n) is 6.96. The van der Waals surface area contributed by atoms with Gasteiger partial charge in [0.1, 0.15) is 0 Å². The molecule has 1 unspecified atom stereocenters. The topological polar surface area (TPSA) is 24.9 Å². The number of nitrogens with zero attached hydrogens (tertiary/aromatic N) is 1. The van der Waals surface area contributed by atoms with E-state index in [1.165, 1.54) is 27.5 Å². The third-order valence-electron chi connectivity index (χ3n) is 3.83. The second kappa shape index (κ2) is 5.96. The highest BCUT2D eigenvalue weighted by molar-refractivity contribution is 9.10. The van der Waals surface area contributed by atoms with E-state index in [4.69, 9.17) is 0 Å². The van der Waals surface area contributed by atoms with Crippen LogP contribution in [0.2, 0.25) is 0 Å². The highest BCUT2D eigenvalue weighted by Gasteiger charge is 2.15. The molecular formula is C18H17BrN2. The van der Waals surface area contributed by atoms with E-state index in [1.807, 2.05) is 19.4 Å². The molecule has 0 aliphatic heterocycles. The van der Waals surface area contributed by atoms with Gasteiger partial charge >= 0.3 is 0 Å². The van der Waals surface area contributed by atoms with Crippen molar-refractivity contribution in [1.82, 2.24) is 10.3 Å². The van der Waals surface area contributed by atoms with Gasteiger partial charge in [0, 0.05) is 22.3 Å². The van der Waals surface area contributed by atoms with Crippen molar-refractivity contribution in [2.75, 3.05) is 7.05 Å². The highest BCUT2D eigenvalue weighted by Crippen LogP contribution is 2.30. The smallest absolute Gasteiger partial charge is 0.0580 e. The fourth-order valence-corrected chi connectivity index (χ4v) is 3.00. The monoisotopic (exact) mass is 340 g/mol. The summed E-state index contributed by atoms with van der Waals surface area (Å²) in [5, 5.41) is 5.85. The molecule has 2 aromatic carbocycles. The number of fused-ring (bicyclic) bond motifs is 1. The van der Waals surface area contributed by atoms with Crippen LogP contribution in [-0.2, 0) is 0 Å². The van der Waals surface area contributed by atoms with Crippen LogP contribution in [0.3, 0.4) is 0 Å². The number of halogens is 1. The molecule has 2 nitrogen and oxygen atoms in total. The molecule has 0 spiro atoms. The van der Waals surface area contributed by atoms with Crippen LogP contribution in [-0.4, -0.2) is 12.0 Å². The van der Waals surface area contributed by atoms with Crippen molar-refractivity contribution < 1.29 is 0 Å². The van der Waals surface area contributed by atoms with Crippen LogP contribution in [0.15, 0.2) is 59.3 Å². The second-order valence-corrected chi connectivity index (χ2v) is 6.03. The van der Waals surface area contributed by atoms with Gasteiger partial charge < -0.3 is 5.32 Å². The zero-order valence-electron chi connectivity index (χ0n) is 12.1. The Bertz CT molecular complexity index is 778. The Morgan fingerprint density at radius 2 is 2.00 bits per heavy atom. The van der Waals surface area contributed by atoms with Gasteiger partial charge in [-0.2, -0.15) is 0 Å². The molecular weight excluding hydrogens is 324 g/mol. The molecule has 1 heterocycles. The van der Waals surface area contributed by atoms with E-state index < -0.39 is 0 Å². The Labute approximate surface area is 133 Å². The van der Waals surface area contributed by atoms with Gasteiger partial charge in [0.2, 0.25) is 0 Å². The average molecular weight is 341 g/mol. The molecule has 1 aromatic heterocycles. The van der Waals surface area contributed by atoms with Crippen molar-refractivity contribution in [2.45, 2.75) is 13.0 Å². The molecule has 0 amide bonds. The molecule has 0 saturated heterocycles. The first kappa shape index (κ1) is 14.2. The van der Waals surface area contributed by atoms with Gasteiger partial charge in [0.25, 0.3) is 0 Å². The van der Waals surface area contributed by atoms with Crippen LogP contribution in [0.25, 0.3) is 10.8 Å². The molecule has 0 aliphatic rings. The summed E-state index contributed by atoms with van der Waals surface area (Å²) in [6, 6.07) is 15.1. The average Bonchev–Trinajstić information content (AvgIpc) is 2.52. The first-order chi connectivity index (χ1) is 10.2. The molecule has 21 heavy (non-hydrogen) atoms. The van der Waals surface area contributed by atoms with Crippen LogP contribution < -0.4 is 5.32 Å². The largest absolute Gasteiger partial charge is 0.309 e. The third kappa shape index (κ3) is 2.71. The summed E-state index contributed by atoms with van der Waals surface area (Å²) in [5.74, 6) is 0. The van der Waals surface area contributed by atoms with Crippen LogP contribution in [0.1, 0.15) is 22.7 Å². The fourth-order valence-electron chi connectivity index (χ4n) is 2.75. The summed E-state index contributed by atoms with van der Waals surface area (Å²) in [6.45, 7) is 2.12. The predicted octanol–water partition coefficient (Wildman–Crippen LogP) is 4.61. The van der Waals surface area contributed by atoms with Crippen molar-refractivity contribution >= 4 is 26.7 Å². The summed E-state index contributed by atoms with van der Waals surface area (Å²) in [4.78, 5) is 4.21. The molecule has 0 bridgehead atoms. The van der Waals surface area contributed by atoms with Gasteiger partial charge in [0.05, 0.1) is 6.04 Å². The summed E-state index contributed by atoms with van der Waals surface area (Å²) < 4.78 is 1.14. The maximum atomic E-state index is 4.21. The molecule has 0 radical (unpaired) electrons. The van der Waals surface area contributed by atoms with E-state index in [2.05, 4.69) is 75.6 Å². The molecule has 3 aromatic rings. The minimum Gasteiger partial charge on any atom is -0.309 e. The molecule has 3 heteroatoms. The second-order valence-electron chi connectivity index (χ2n) is 5.17. The van der Waals surface area contributed by atoms with E-state index in [-0.39, 0.29) is 6.04 Å². The van der Waals surface area contributed by atoms with E-state index in [0.29, 0.717) is 0 Å². The van der Waals surface area contributed by atoms with Crippen molar-refractivity contribution in [1.29, 1.82) is 0 Å². The van der Waals surface area contributed by atoms with E-state index >= 15 is 0 Å². The van der Waals surface area contributed by atoms with Crippen molar-refractivity contribution in [3.05, 3.63) is 76.0 Å². The lowest BCUT2D eigenvalue weighted by molar-refractivity contribution is 0.696. The maximum Gasteiger partial charge on any atom is 0.0580 e. The number of hydrogen-bond acceptors (Lipinski definition) is 2. The lowest BCUT2D eigenvalue weighted by Gasteiger charge is -2.20. The van der Waals surface area contributed by atoms with Crippen LogP contribution in [0, 0.1) is 6.92 Å². The molecule has 0 saturated carbocycles. The van der Waals surface area contributed by atoms with Gasteiger partial charge in [-0.3, -0.25) is 4.98 Å². The number of rotatable bonds is 3. The van der Waals surface area contributed by atoms with Crippen LogP contribution >= 0.6 is 15.9 Å². The lowest BCUT2D eigenvalue weighted by Crippen LogP contribution is -2.18. The van der Waals surface area contributed by atoms with Crippen LogP contribution in [0.5, 0.6) is 0 Å². The van der Waals surface area contributed by atoms with Gasteiger partial charge in [-0.25, -0.2) is 0 Å². The minimum atomic E-state index is 0.169. The number of aryl methyl sites for hydroxylation is 1. The van der Waals surface area contributed by atoms with E-state index in [1.54, 1.807) is 0 Å². The summed E-state index contributed by atoms with van der Waals surface area (Å²) in [7, 11) is 2.00. The Balaban J connectivity index is 2.16. The Morgan fingerprint density at radius 1 is 1.14 bits per heavy atom. The van der Waals surface area contributed by atoms with E-state index in [9.17, 15) is 0 Å². The van der Waals surface area contributed by atoms with E-state index in [0.717, 1.165) is 4.47 Å². The fraction of sp³-hybridized carbons (Fsp3) is 0.167. The number of pyridine rings is 1. The zero-order valence-corrected chi connectivity index (χ0v) is 13.7. The van der Waals surface area contributed by atoms with Crippen molar-refractivity contribution in [2.24, 2.45) is 0 Å². The summed E-state index contributed by atoms with van der Waals surface area (Å²) in [6.07, 6.45) is 3.77. The SMILES string of the molecule is CNC(c1ccc(Br)c(C)c1)c1cccc2cnccc12. The molecule has 3 rings (SSSR count). The summed E-state index contributed by atoms with van der Waals surface area (Å²) in [5.41, 5.74) is 3.79. The van der Waals surface area contributed by atoms with Gasteiger partial charge in [-0.15, -0.1) is 0 Å². The third-order valence-corrected chi connectivity index (χ3v) is 4.72. The molecule has 0 aliphatic carbocycles. The minimum absolute atomic E-state index is 0.169. The molecule has 0 fully saturated rings. The van der Waals surface area contributed by atoms with Crippen molar-refractivity contribution in [3.8, 4) is 0 Å². The number of nitrogens with one attached hydrogen (secondary N) is 1. The van der Waals surface area contributed by atoms with Crippen LogP contribution in [0.4, 0.5) is 0 Å². The predicted molar refractivity (Wildman–Crippen MR) is 91.5 cm³/mol. The molecule has 1 N–H and O–H groups in total. The number of benzene rings is 2. The maximum absolute atomic E-state index is 4.21. The normalized spacial score (nSPS) is 12.5. The quantitative estimate of drug-likeness (QED) is 0.752. The molecule has 106 valence electrons. The van der Waals surface area contributed by atoms with Crippen molar-refractivity contribution in [3.63, 3.8) is 0 Å². The Hall–Kier alpha value is -1.71. The van der Waals surface area contributed by atoms with Gasteiger partial charge in [-0.05, 0) is 48.2 Å². The number of hydrogen-bond donors (Lipinski definition) is 1. The Morgan fingerprint density at radius 3 is 2.76 bits per heavy atom. The number of aromatic nitrogens is 1.